The van der Waals surface area contributed by atoms with Crippen LogP contribution in [0.25, 0.3) is 0 Å². The van der Waals surface area contributed by atoms with E-state index >= 15 is 0 Å². The molecule has 3 rings (SSSR count). The van der Waals surface area contributed by atoms with Crippen LogP contribution in [0, 0.1) is 5.82 Å². The molecule has 0 spiro atoms. The lowest BCUT2D eigenvalue weighted by atomic mass is 10.1. The third-order valence-corrected chi connectivity index (χ3v) is 6.16. The van der Waals surface area contributed by atoms with Crippen molar-refractivity contribution >= 4 is 33.1 Å². The first-order chi connectivity index (χ1) is 16.1. The van der Waals surface area contributed by atoms with Crippen LogP contribution in [0.15, 0.2) is 71.6 Å². The van der Waals surface area contributed by atoms with Crippen molar-refractivity contribution in [3.63, 3.8) is 0 Å². The van der Waals surface area contributed by atoms with E-state index in [4.69, 9.17) is 9.47 Å². The van der Waals surface area contributed by atoms with Gasteiger partial charge in [0.25, 0.3) is 15.9 Å². The highest BCUT2D eigenvalue weighted by Crippen LogP contribution is 2.30. The molecule has 0 radical (unpaired) electrons. The topological polar surface area (TPSA) is 111 Å². The summed E-state index contributed by atoms with van der Waals surface area (Å²) in [5, 5.41) is 2.66. The molecule has 0 aliphatic rings. The molecule has 0 aliphatic heterocycles. The first kappa shape index (κ1) is 24.7. The number of rotatable bonds is 9. The van der Waals surface area contributed by atoms with Crippen molar-refractivity contribution in [2.75, 3.05) is 17.1 Å². The van der Waals surface area contributed by atoms with Gasteiger partial charge in [-0.3, -0.25) is 14.3 Å². The fourth-order valence-corrected chi connectivity index (χ4v) is 4.01. The highest BCUT2D eigenvalue weighted by Gasteiger charge is 2.19. The van der Waals surface area contributed by atoms with Gasteiger partial charge in [0.15, 0.2) is 11.9 Å². The number of halogens is 1. The van der Waals surface area contributed by atoms with Gasteiger partial charge in [0.05, 0.1) is 17.7 Å². The second-order valence-corrected chi connectivity index (χ2v) is 8.99. The molecule has 3 aromatic carbocycles. The van der Waals surface area contributed by atoms with Crippen molar-refractivity contribution in [2.45, 2.75) is 24.8 Å². The summed E-state index contributed by atoms with van der Waals surface area (Å²) in [5.41, 5.74) is 0.904. The summed E-state index contributed by atoms with van der Waals surface area (Å²) in [4.78, 5) is 23.8. The van der Waals surface area contributed by atoms with Crippen LogP contribution >= 0.6 is 0 Å². The first-order valence-electron chi connectivity index (χ1n) is 10.1. The van der Waals surface area contributed by atoms with E-state index in [9.17, 15) is 22.4 Å². The highest BCUT2D eigenvalue weighted by molar-refractivity contribution is 7.92. The molecule has 3 aromatic rings. The second kappa shape index (κ2) is 10.3. The fourth-order valence-electron chi connectivity index (χ4n) is 2.95. The maximum atomic E-state index is 13.1. The predicted molar refractivity (Wildman–Crippen MR) is 125 cm³/mol. The summed E-state index contributed by atoms with van der Waals surface area (Å²) >= 11 is 0. The minimum atomic E-state index is -4.03. The lowest BCUT2D eigenvalue weighted by Crippen LogP contribution is -2.30. The third kappa shape index (κ3) is 6.10. The van der Waals surface area contributed by atoms with Gasteiger partial charge in [0, 0.05) is 11.3 Å². The van der Waals surface area contributed by atoms with E-state index in [1.165, 1.54) is 26.2 Å². The molecule has 0 saturated heterocycles. The average molecular weight is 487 g/mol. The monoisotopic (exact) mass is 486 g/mol. The van der Waals surface area contributed by atoms with Crippen LogP contribution in [0.1, 0.15) is 24.2 Å². The average Bonchev–Trinajstić information content (AvgIpc) is 2.79. The fraction of sp³-hybridized carbons (Fsp3) is 0.167. The summed E-state index contributed by atoms with van der Waals surface area (Å²) in [6.45, 7) is 3.00. The maximum absolute atomic E-state index is 13.1. The minimum Gasteiger partial charge on any atom is -0.495 e. The van der Waals surface area contributed by atoms with Crippen LogP contribution in [0.2, 0.25) is 0 Å². The van der Waals surface area contributed by atoms with Gasteiger partial charge in [0.1, 0.15) is 17.3 Å². The Morgan fingerprint density at radius 3 is 2.21 bits per heavy atom. The van der Waals surface area contributed by atoms with E-state index in [1.807, 2.05) is 0 Å². The van der Waals surface area contributed by atoms with Gasteiger partial charge < -0.3 is 14.8 Å². The number of anilines is 2. The number of ether oxygens (including phenoxy) is 2. The number of methoxy groups -OCH3 is 1. The molecular formula is C24H23FN2O6S. The molecule has 1 unspecified atom stereocenters. The Kier molecular flexibility index (Phi) is 7.52. The molecule has 0 saturated carbocycles. The molecule has 0 fully saturated rings. The number of amides is 1. The molecular weight excluding hydrogens is 463 g/mol. The number of Topliss-reactive ketones (excluding diaryl/α,β-unsaturated/α-hetero) is 1. The van der Waals surface area contributed by atoms with Gasteiger partial charge in [0.2, 0.25) is 0 Å². The highest BCUT2D eigenvalue weighted by atomic mass is 32.2. The Labute approximate surface area is 196 Å². The van der Waals surface area contributed by atoms with Crippen molar-refractivity contribution in [2.24, 2.45) is 0 Å². The van der Waals surface area contributed by atoms with Crippen molar-refractivity contribution in [3.8, 4) is 11.5 Å². The van der Waals surface area contributed by atoms with Crippen molar-refractivity contribution in [1.29, 1.82) is 0 Å². The number of ketones is 1. The molecule has 10 heteroatoms. The molecule has 178 valence electrons. The van der Waals surface area contributed by atoms with E-state index in [1.54, 1.807) is 37.3 Å². The molecule has 0 heterocycles. The Balaban J connectivity index is 1.73. The van der Waals surface area contributed by atoms with Crippen LogP contribution in [-0.4, -0.2) is 33.3 Å². The summed E-state index contributed by atoms with van der Waals surface area (Å²) in [6.07, 6.45) is -0.885. The normalized spacial score (nSPS) is 11.9. The quantitative estimate of drug-likeness (QED) is 0.438. The van der Waals surface area contributed by atoms with Crippen LogP contribution in [0.3, 0.4) is 0 Å². The van der Waals surface area contributed by atoms with Crippen molar-refractivity contribution in [3.05, 3.63) is 78.1 Å². The first-order valence-corrected chi connectivity index (χ1v) is 11.6. The zero-order valence-corrected chi connectivity index (χ0v) is 19.5. The van der Waals surface area contributed by atoms with Gasteiger partial charge >= 0.3 is 0 Å². The van der Waals surface area contributed by atoms with Crippen LogP contribution < -0.4 is 19.5 Å². The number of nitrogens with one attached hydrogen (secondary N) is 2. The number of carbonyl (C=O) groups excluding carboxylic acids is 2. The van der Waals surface area contributed by atoms with Gasteiger partial charge in [-0.25, -0.2) is 12.8 Å². The van der Waals surface area contributed by atoms with E-state index < -0.39 is 27.9 Å². The van der Waals surface area contributed by atoms with Crippen LogP contribution in [0.5, 0.6) is 11.5 Å². The smallest absolute Gasteiger partial charge is 0.265 e. The molecule has 1 atom stereocenters. The number of benzene rings is 3. The zero-order chi connectivity index (χ0) is 24.9. The van der Waals surface area contributed by atoms with E-state index in [-0.39, 0.29) is 22.1 Å². The Hall–Kier alpha value is -3.92. The molecule has 0 aliphatic carbocycles. The third-order valence-electron chi connectivity index (χ3n) is 4.78. The van der Waals surface area contributed by atoms with Gasteiger partial charge in [-0.2, -0.15) is 0 Å². The summed E-state index contributed by atoms with van der Waals surface area (Å²) in [7, 11) is -2.66. The molecule has 0 bridgehead atoms. The minimum absolute atomic E-state index is 0.0808. The summed E-state index contributed by atoms with van der Waals surface area (Å²) in [6, 6.07) is 15.2. The molecule has 8 nitrogen and oxygen atoms in total. The summed E-state index contributed by atoms with van der Waals surface area (Å²) in [5.74, 6) is -0.489. The molecule has 34 heavy (non-hydrogen) atoms. The van der Waals surface area contributed by atoms with E-state index in [0.29, 0.717) is 17.0 Å². The standard InChI is InChI=1S/C24H23FN2O6S/c1-15(28)17-4-9-20(10-5-17)33-16(2)24(29)26-19-8-13-23(32-3)22(14-19)27-34(30,31)21-11-6-18(25)7-12-21/h4-14,16,27H,1-3H3,(H,26,29). The van der Waals surface area contributed by atoms with E-state index in [2.05, 4.69) is 10.0 Å². The van der Waals surface area contributed by atoms with Gasteiger partial charge in [-0.05, 0) is 80.6 Å². The molecule has 2 N–H and O–H groups in total. The van der Waals surface area contributed by atoms with Crippen molar-refractivity contribution < 1.29 is 31.9 Å². The van der Waals surface area contributed by atoms with Gasteiger partial charge in [-0.1, -0.05) is 0 Å². The zero-order valence-electron chi connectivity index (χ0n) is 18.7. The van der Waals surface area contributed by atoms with Gasteiger partial charge in [-0.15, -0.1) is 0 Å². The Morgan fingerprint density at radius 2 is 1.62 bits per heavy atom. The summed E-state index contributed by atoms with van der Waals surface area (Å²) < 4.78 is 51.7. The Morgan fingerprint density at radius 1 is 0.971 bits per heavy atom. The SMILES string of the molecule is COc1ccc(NC(=O)C(C)Oc2ccc(C(C)=O)cc2)cc1NS(=O)(=O)c1ccc(F)cc1. The van der Waals surface area contributed by atoms with Crippen LogP contribution in [0.4, 0.5) is 15.8 Å². The van der Waals surface area contributed by atoms with Crippen molar-refractivity contribution in [1.82, 2.24) is 0 Å². The number of sulfonamides is 1. The Bertz CT molecular complexity index is 1290. The second-order valence-electron chi connectivity index (χ2n) is 7.30. The number of carbonyl (C=O) groups is 2. The largest absolute Gasteiger partial charge is 0.495 e. The predicted octanol–water partition coefficient (Wildman–Crippen LogP) is 4.24. The lowest BCUT2D eigenvalue weighted by Gasteiger charge is -2.17. The van der Waals surface area contributed by atoms with Crippen LogP contribution in [-0.2, 0) is 14.8 Å². The molecule has 1 amide bonds. The molecule has 0 aromatic heterocycles. The number of hydrogen-bond donors (Lipinski definition) is 2. The lowest BCUT2D eigenvalue weighted by molar-refractivity contribution is -0.122. The van der Waals surface area contributed by atoms with E-state index in [0.717, 1.165) is 24.3 Å². The maximum Gasteiger partial charge on any atom is 0.265 e. The number of hydrogen-bond acceptors (Lipinski definition) is 6.